The molecule has 2 aromatic carbocycles. The van der Waals surface area contributed by atoms with Crippen LogP contribution in [-0.2, 0) is 43.9 Å². The van der Waals surface area contributed by atoms with Crippen LogP contribution in [0.5, 0.6) is 0 Å². The number of nitrogens with one attached hydrogen (secondary N) is 2. The van der Waals surface area contributed by atoms with Crippen molar-refractivity contribution in [3.8, 4) is 0 Å². The molecule has 7 heterocycles. The van der Waals surface area contributed by atoms with Crippen molar-refractivity contribution < 1.29 is 46.6 Å². The monoisotopic (exact) mass is 950 g/mol. The topological polar surface area (TPSA) is 238 Å². The van der Waals surface area contributed by atoms with Crippen LogP contribution >= 0.6 is 25.8 Å². The van der Waals surface area contributed by atoms with Gasteiger partial charge in [-0.25, -0.2) is 34.5 Å². The lowest BCUT2D eigenvalue weighted by molar-refractivity contribution is -0.125. The first-order valence-corrected chi connectivity index (χ1v) is 25.9. The molecule has 20 nitrogen and oxygen atoms in total. The average Bonchev–Trinajstić information content (AvgIpc) is 4.08. The molecule has 3 aliphatic heterocycles. The number of anilines is 2. The van der Waals surface area contributed by atoms with Gasteiger partial charge in [-0.05, 0) is 55.3 Å². The number of amides is 2. The Morgan fingerprint density at radius 1 is 0.797 bits per heavy atom. The summed E-state index contributed by atoms with van der Waals surface area (Å²) in [5.41, 5.74) is 0.812. The second kappa shape index (κ2) is 18.0. The third kappa shape index (κ3) is 8.53. The van der Waals surface area contributed by atoms with Crippen LogP contribution in [0.3, 0.4) is 0 Å². The van der Waals surface area contributed by atoms with E-state index < -0.39 is 61.7 Å². The second-order valence-electron chi connectivity index (χ2n) is 15.5. The molecule has 3 N–H and O–H groups in total. The summed E-state index contributed by atoms with van der Waals surface area (Å²) in [7, 11) is 0. The average molecular weight is 951 g/mol. The van der Waals surface area contributed by atoms with Crippen molar-refractivity contribution in [1.82, 2.24) is 39.0 Å². The van der Waals surface area contributed by atoms with Gasteiger partial charge in [0, 0.05) is 23.0 Å². The normalized spacial score (nSPS) is 30.9. The predicted molar refractivity (Wildman–Crippen MR) is 239 cm³/mol. The van der Waals surface area contributed by atoms with Crippen molar-refractivity contribution in [1.29, 1.82) is 0 Å². The van der Waals surface area contributed by atoms with Crippen LogP contribution in [0.1, 0.15) is 73.2 Å². The van der Waals surface area contributed by atoms with Crippen LogP contribution in [0, 0.1) is 11.8 Å². The van der Waals surface area contributed by atoms with E-state index >= 15 is 0 Å². The first-order chi connectivity index (χ1) is 30.8. The zero-order valence-electron chi connectivity index (χ0n) is 34.6. The number of carbonyl (C=O) groups excluding carboxylic acids is 2. The molecule has 0 radical (unpaired) electrons. The standard InChI is InChI=1S/C40H44N10O10P2S2/c1-4-25-30-27(57-38(25)49-21-45-28-32(41-19-43-34(28)49)47-36(51)23-13-9-7-10-14-23)17-55-61(53,63)60-31-26(5-2)39(58-40(31,6-3)18-56-62(54,64)59-30)50-22-46-29-33(42-20-44-35(29)50)48-37(52)24-15-11-8-12-16-24/h7-16,19-22,25-27,30-31,38-39H,4-6,17-18H2,1-3H3,(H,53,63)(H,54,64)(H,41,43,47,51)(H,42,44,48,52)/t25-,26-,27-,30+,31+,38-,39-,40-,61?,62?/m1/s1. The first kappa shape index (κ1) is 44.6. The smallest absolute Gasteiger partial charge is 0.349 e. The van der Waals surface area contributed by atoms with E-state index in [0.717, 1.165) is 0 Å². The number of thiol groups is 1. The summed E-state index contributed by atoms with van der Waals surface area (Å²) in [5.74, 6) is -1.41. The lowest BCUT2D eigenvalue weighted by Crippen LogP contribution is -2.46. The Morgan fingerprint density at radius 3 is 1.88 bits per heavy atom. The molecule has 2 unspecified atom stereocenters. The van der Waals surface area contributed by atoms with Gasteiger partial charge in [-0.3, -0.25) is 27.8 Å². The number of ether oxygens (including phenoxy) is 2. The molecule has 336 valence electrons. The van der Waals surface area contributed by atoms with Crippen molar-refractivity contribution in [2.75, 3.05) is 23.8 Å². The lowest BCUT2D eigenvalue weighted by Gasteiger charge is -2.37. The first-order valence-electron chi connectivity index (χ1n) is 20.6. The summed E-state index contributed by atoms with van der Waals surface area (Å²) in [6, 6.07) is 17.4. The number of hydrogen-bond donors (Lipinski definition) is 4. The summed E-state index contributed by atoms with van der Waals surface area (Å²) in [6.07, 6.45) is 2.23. The quantitative estimate of drug-likeness (QED) is 0.0854. The van der Waals surface area contributed by atoms with E-state index in [1.807, 2.05) is 32.9 Å². The molecule has 0 aliphatic carbocycles. The Morgan fingerprint density at radius 2 is 1.34 bits per heavy atom. The summed E-state index contributed by atoms with van der Waals surface area (Å²) < 4.78 is 56.2. The summed E-state index contributed by atoms with van der Waals surface area (Å²) in [5, 5.41) is 5.63. The highest BCUT2D eigenvalue weighted by Gasteiger charge is 2.59. The van der Waals surface area contributed by atoms with Crippen molar-refractivity contribution in [2.45, 2.75) is 76.4 Å². The van der Waals surface area contributed by atoms with Crippen molar-refractivity contribution in [2.24, 2.45) is 11.8 Å². The molecule has 64 heavy (non-hydrogen) atoms. The third-order valence-corrected chi connectivity index (χ3v) is 15.0. The van der Waals surface area contributed by atoms with Crippen LogP contribution in [0.25, 0.3) is 22.3 Å². The van der Waals surface area contributed by atoms with Crippen LogP contribution < -0.4 is 10.6 Å². The minimum Gasteiger partial charge on any atom is -0.349 e. The highest BCUT2D eigenvalue weighted by Crippen LogP contribution is 2.62. The number of aromatic nitrogens is 8. The number of benzene rings is 2. The number of carbonyl (C=O) groups is 2. The van der Waals surface area contributed by atoms with Gasteiger partial charge < -0.3 is 34.0 Å². The van der Waals surface area contributed by atoms with Crippen molar-refractivity contribution in [3.63, 3.8) is 0 Å². The molecule has 2 amide bonds. The SMILES string of the molecule is CC[C@@H]1[C@@H]2OP(O)(=S)OC[C@@]3(CC)O[C@@H](n4cnc5c(NC(=O)c6ccccc6)ncnc54)[C@H](CC)[C@@H]3OP(=O)(S)OC[C@H]2O[C@H]1n1cnc2c(NC(=O)c3ccccc3)ncnc21. The Kier molecular flexibility index (Phi) is 12.6. The van der Waals surface area contributed by atoms with Gasteiger partial charge in [0.15, 0.2) is 34.0 Å². The number of rotatable bonds is 9. The van der Waals surface area contributed by atoms with Gasteiger partial charge in [0.2, 0.25) is 0 Å². The van der Waals surface area contributed by atoms with Gasteiger partial charge in [-0.1, -0.05) is 69.4 Å². The minimum atomic E-state index is -4.23. The zero-order chi connectivity index (χ0) is 44.8. The molecule has 0 bridgehead atoms. The largest absolute Gasteiger partial charge is 0.386 e. The van der Waals surface area contributed by atoms with E-state index in [9.17, 15) is 19.0 Å². The molecule has 3 fully saturated rings. The fourth-order valence-corrected chi connectivity index (χ4v) is 11.6. The van der Waals surface area contributed by atoms with Gasteiger partial charge in [0.1, 0.15) is 49.0 Å². The zero-order valence-corrected chi connectivity index (χ0v) is 38.1. The maximum Gasteiger partial charge on any atom is 0.386 e. The highest BCUT2D eigenvalue weighted by atomic mass is 32.7. The maximum atomic E-state index is 14.4. The van der Waals surface area contributed by atoms with Crippen molar-refractivity contribution in [3.05, 3.63) is 97.1 Å². The number of imidazole rings is 2. The van der Waals surface area contributed by atoms with E-state index in [1.54, 1.807) is 57.7 Å². The molecule has 24 heteroatoms. The van der Waals surface area contributed by atoms with E-state index in [-0.39, 0.29) is 43.1 Å². The molecule has 4 aromatic heterocycles. The molecular weight excluding hydrogens is 907 g/mol. The molecule has 0 saturated carbocycles. The molecule has 10 atom stereocenters. The number of hydrogen-bond acceptors (Lipinski definition) is 16. The Balaban J connectivity index is 0.992. The highest BCUT2D eigenvalue weighted by molar-refractivity contribution is 8.44. The van der Waals surface area contributed by atoms with Gasteiger partial charge in [0.05, 0.1) is 25.9 Å². The molecule has 6 aromatic rings. The molecule has 3 saturated heterocycles. The van der Waals surface area contributed by atoms with Gasteiger partial charge >= 0.3 is 13.5 Å². The maximum absolute atomic E-state index is 14.4. The fourth-order valence-electron chi connectivity index (χ4n) is 8.59. The second-order valence-corrected chi connectivity index (χ2v) is 21.1. The lowest BCUT2D eigenvalue weighted by atomic mass is 9.87. The third-order valence-electron chi connectivity index (χ3n) is 11.8. The Labute approximate surface area is 376 Å². The van der Waals surface area contributed by atoms with Gasteiger partial charge in [0.25, 0.3) is 11.8 Å². The van der Waals surface area contributed by atoms with E-state index in [1.165, 1.54) is 25.3 Å². The van der Waals surface area contributed by atoms with E-state index in [0.29, 0.717) is 46.3 Å². The molecular formula is C40H44N10O10P2S2. The number of fused-ring (bicyclic) bond motifs is 4. The summed E-state index contributed by atoms with van der Waals surface area (Å²) in [4.78, 5) is 64.6. The fraction of sp³-hybridized carbons (Fsp3) is 0.400. The summed E-state index contributed by atoms with van der Waals surface area (Å²) in [6.45, 7) is -3.33. The molecule has 3 aliphatic rings. The number of nitrogens with zero attached hydrogens (tertiary/aromatic N) is 8. The summed E-state index contributed by atoms with van der Waals surface area (Å²) >= 11 is 10.2. The van der Waals surface area contributed by atoms with Crippen LogP contribution in [-0.4, -0.2) is 92.9 Å². The predicted octanol–water partition coefficient (Wildman–Crippen LogP) is 6.87. The van der Waals surface area contributed by atoms with Crippen LogP contribution in [0.4, 0.5) is 11.6 Å². The molecule has 9 rings (SSSR count). The van der Waals surface area contributed by atoms with Gasteiger partial charge in [-0.2, -0.15) is 0 Å². The van der Waals surface area contributed by atoms with Gasteiger partial charge in [-0.15, -0.1) is 0 Å². The minimum absolute atomic E-state index is 0.193. The Bertz CT molecular complexity index is 2780. The van der Waals surface area contributed by atoms with Crippen LogP contribution in [0.15, 0.2) is 86.0 Å². The molecule has 0 spiro atoms. The Hall–Kier alpha value is -4.57. The van der Waals surface area contributed by atoms with Crippen LogP contribution in [0.2, 0.25) is 0 Å². The van der Waals surface area contributed by atoms with E-state index in [4.69, 9.17) is 39.4 Å². The van der Waals surface area contributed by atoms with Crippen molar-refractivity contribution >= 4 is 83.3 Å². The van der Waals surface area contributed by atoms with E-state index in [2.05, 4.69) is 52.8 Å².